The van der Waals surface area contributed by atoms with Crippen molar-refractivity contribution in [1.82, 2.24) is 0 Å². The minimum Gasteiger partial charge on any atom is -0.369 e. The zero-order chi connectivity index (χ0) is 11.7. The van der Waals surface area contributed by atoms with Crippen molar-refractivity contribution >= 4 is 29.1 Å². The summed E-state index contributed by atoms with van der Waals surface area (Å²) in [7, 11) is 2.04. The molecule has 4 heteroatoms. The summed E-state index contributed by atoms with van der Waals surface area (Å²) in [6.45, 7) is 2.14. The fourth-order valence-corrected chi connectivity index (χ4v) is 3.70. The maximum absolute atomic E-state index is 8.82. The molecule has 0 aromatic heterocycles. The van der Waals surface area contributed by atoms with E-state index in [1.165, 1.54) is 4.90 Å². The molecule has 1 aliphatic rings. The Morgan fingerprint density at radius 2 is 2.31 bits per heavy atom. The first kappa shape index (κ1) is 11.6. The van der Waals surface area contributed by atoms with Crippen LogP contribution in [0.5, 0.6) is 0 Å². The van der Waals surface area contributed by atoms with E-state index in [9.17, 15) is 0 Å². The number of halogens is 1. The highest BCUT2D eigenvalue weighted by Crippen LogP contribution is 2.45. The van der Waals surface area contributed by atoms with E-state index < -0.39 is 0 Å². The smallest absolute Gasteiger partial charge is 0.0694 e. The lowest BCUT2D eigenvalue weighted by atomic mass is 10.1. The molecule has 1 heterocycles. The molecule has 84 valence electrons. The first-order valence-corrected chi connectivity index (χ1v) is 6.46. The summed E-state index contributed by atoms with van der Waals surface area (Å²) in [4.78, 5) is 3.35. The number of fused-ring (bicyclic) bond motifs is 1. The Kier molecular flexibility index (Phi) is 3.32. The number of anilines is 1. The van der Waals surface area contributed by atoms with Gasteiger partial charge in [0.15, 0.2) is 0 Å². The molecule has 1 aliphatic heterocycles. The molecule has 0 radical (unpaired) electrons. The van der Waals surface area contributed by atoms with Crippen molar-refractivity contribution in [3.05, 3.63) is 23.2 Å². The second-order valence-electron chi connectivity index (χ2n) is 3.96. The SMILES string of the molecule is CC1C(CC#N)Sc2cccc(Cl)c2N1C. The molecular formula is C12H13ClN2S. The number of hydrogen-bond acceptors (Lipinski definition) is 3. The summed E-state index contributed by atoms with van der Waals surface area (Å²) in [5, 5.41) is 9.92. The van der Waals surface area contributed by atoms with Gasteiger partial charge in [-0.3, -0.25) is 0 Å². The average molecular weight is 253 g/mol. The van der Waals surface area contributed by atoms with Gasteiger partial charge in [0.25, 0.3) is 0 Å². The fourth-order valence-electron chi connectivity index (χ4n) is 1.95. The highest BCUT2D eigenvalue weighted by molar-refractivity contribution is 8.00. The van der Waals surface area contributed by atoms with E-state index in [0.717, 1.165) is 10.7 Å². The van der Waals surface area contributed by atoms with Crippen LogP contribution in [0.1, 0.15) is 13.3 Å². The highest BCUT2D eigenvalue weighted by atomic mass is 35.5. The molecule has 0 N–H and O–H groups in total. The Hall–Kier alpha value is -0.850. The molecule has 0 saturated heterocycles. The van der Waals surface area contributed by atoms with Crippen LogP contribution in [0.2, 0.25) is 5.02 Å². The van der Waals surface area contributed by atoms with E-state index in [1.807, 2.05) is 19.2 Å². The average Bonchev–Trinajstić information content (AvgIpc) is 2.25. The lowest BCUT2D eigenvalue weighted by Gasteiger charge is -2.38. The van der Waals surface area contributed by atoms with E-state index in [2.05, 4.69) is 24.0 Å². The van der Waals surface area contributed by atoms with Gasteiger partial charge in [-0.1, -0.05) is 17.7 Å². The van der Waals surface area contributed by atoms with Crippen molar-refractivity contribution in [3.63, 3.8) is 0 Å². The third-order valence-corrected chi connectivity index (χ3v) is 4.77. The molecule has 2 unspecified atom stereocenters. The van der Waals surface area contributed by atoms with Gasteiger partial charge in [0.2, 0.25) is 0 Å². The van der Waals surface area contributed by atoms with Crippen molar-refractivity contribution in [3.8, 4) is 6.07 Å². The summed E-state index contributed by atoms with van der Waals surface area (Å²) in [6, 6.07) is 8.52. The maximum atomic E-state index is 8.82. The van der Waals surface area contributed by atoms with E-state index in [4.69, 9.17) is 16.9 Å². The molecule has 16 heavy (non-hydrogen) atoms. The summed E-state index contributed by atoms with van der Waals surface area (Å²) < 4.78 is 0. The van der Waals surface area contributed by atoms with Gasteiger partial charge in [0.05, 0.1) is 16.8 Å². The standard InChI is InChI=1S/C12H13ClN2S/c1-8-10(6-7-14)16-11-5-3-4-9(13)12(11)15(8)2/h3-5,8,10H,6H2,1-2H3. The van der Waals surface area contributed by atoms with Gasteiger partial charge in [0, 0.05) is 29.7 Å². The molecule has 1 aromatic rings. The lowest BCUT2D eigenvalue weighted by molar-refractivity contribution is 0.639. The minimum atomic E-state index is 0.320. The van der Waals surface area contributed by atoms with E-state index >= 15 is 0 Å². The van der Waals surface area contributed by atoms with Gasteiger partial charge in [0.1, 0.15) is 0 Å². The second-order valence-corrected chi connectivity index (χ2v) is 5.64. The Labute approximate surface area is 105 Å². The Bertz CT molecular complexity index is 441. The van der Waals surface area contributed by atoms with Crippen molar-refractivity contribution in [1.29, 1.82) is 5.26 Å². The van der Waals surface area contributed by atoms with E-state index in [0.29, 0.717) is 17.7 Å². The van der Waals surface area contributed by atoms with E-state index in [-0.39, 0.29) is 0 Å². The predicted octanol–water partition coefficient (Wildman–Crippen LogP) is 3.55. The van der Waals surface area contributed by atoms with Gasteiger partial charge >= 0.3 is 0 Å². The number of nitriles is 1. The van der Waals surface area contributed by atoms with E-state index in [1.54, 1.807) is 11.8 Å². The van der Waals surface area contributed by atoms with Crippen LogP contribution in [-0.2, 0) is 0 Å². The topological polar surface area (TPSA) is 27.0 Å². The number of rotatable bonds is 1. The van der Waals surface area contributed by atoms with Crippen molar-refractivity contribution in [2.45, 2.75) is 29.5 Å². The first-order valence-electron chi connectivity index (χ1n) is 5.20. The molecule has 0 bridgehead atoms. The zero-order valence-electron chi connectivity index (χ0n) is 9.27. The number of nitrogens with zero attached hydrogens (tertiary/aromatic N) is 2. The summed E-state index contributed by atoms with van der Waals surface area (Å²) in [5.74, 6) is 0. The third kappa shape index (κ3) is 1.88. The molecule has 1 aromatic carbocycles. The highest BCUT2D eigenvalue weighted by Gasteiger charge is 2.30. The number of para-hydroxylation sites is 1. The molecule has 2 nitrogen and oxygen atoms in total. The molecule has 2 rings (SSSR count). The Morgan fingerprint density at radius 3 is 3.00 bits per heavy atom. The van der Waals surface area contributed by atoms with Crippen LogP contribution in [0.25, 0.3) is 0 Å². The zero-order valence-corrected chi connectivity index (χ0v) is 10.8. The van der Waals surface area contributed by atoms with Crippen LogP contribution in [-0.4, -0.2) is 18.3 Å². The van der Waals surface area contributed by atoms with Crippen molar-refractivity contribution in [2.24, 2.45) is 0 Å². The Balaban J connectivity index is 2.41. The van der Waals surface area contributed by atoms with Gasteiger partial charge in [-0.2, -0.15) is 5.26 Å². The van der Waals surface area contributed by atoms with Crippen LogP contribution in [0, 0.1) is 11.3 Å². The van der Waals surface area contributed by atoms with Crippen LogP contribution in [0.3, 0.4) is 0 Å². The van der Waals surface area contributed by atoms with Gasteiger partial charge in [-0.05, 0) is 19.1 Å². The Morgan fingerprint density at radius 1 is 1.56 bits per heavy atom. The number of hydrogen-bond donors (Lipinski definition) is 0. The predicted molar refractivity (Wildman–Crippen MR) is 69.2 cm³/mol. The quantitative estimate of drug-likeness (QED) is 0.765. The molecule has 0 aliphatic carbocycles. The fraction of sp³-hybridized carbons (Fsp3) is 0.417. The molecule has 0 spiro atoms. The normalized spacial score (nSPS) is 23.8. The summed E-state index contributed by atoms with van der Waals surface area (Å²) in [5.41, 5.74) is 1.09. The van der Waals surface area contributed by atoms with Crippen molar-refractivity contribution < 1.29 is 0 Å². The monoisotopic (exact) mass is 252 g/mol. The number of thioether (sulfide) groups is 1. The lowest BCUT2D eigenvalue weighted by Crippen LogP contribution is -2.40. The maximum Gasteiger partial charge on any atom is 0.0694 e. The van der Waals surface area contributed by atoms with Crippen LogP contribution >= 0.6 is 23.4 Å². The van der Waals surface area contributed by atoms with Crippen molar-refractivity contribution in [2.75, 3.05) is 11.9 Å². The van der Waals surface area contributed by atoms with Crippen LogP contribution in [0.15, 0.2) is 23.1 Å². The summed E-state index contributed by atoms with van der Waals surface area (Å²) >= 11 is 7.97. The second kappa shape index (κ2) is 4.57. The van der Waals surface area contributed by atoms with Gasteiger partial charge in [-0.25, -0.2) is 0 Å². The molecule has 2 atom stereocenters. The van der Waals surface area contributed by atoms with Gasteiger partial charge in [-0.15, -0.1) is 11.8 Å². The number of benzene rings is 1. The molecule has 0 amide bonds. The third-order valence-electron chi connectivity index (χ3n) is 3.02. The summed E-state index contributed by atoms with van der Waals surface area (Å²) in [6.07, 6.45) is 0.572. The van der Waals surface area contributed by atoms with Crippen LogP contribution < -0.4 is 4.90 Å². The minimum absolute atomic E-state index is 0.320. The largest absolute Gasteiger partial charge is 0.369 e. The first-order chi connectivity index (χ1) is 7.65. The molecular weight excluding hydrogens is 240 g/mol. The molecule has 0 saturated carbocycles. The molecule has 0 fully saturated rings. The van der Waals surface area contributed by atoms with Crippen LogP contribution in [0.4, 0.5) is 5.69 Å². The van der Waals surface area contributed by atoms with Gasteiger partial charge < -0.3 is 4.90 Å².